The summed E-state index contributed by atoms with van der Waals surface area (Å²) < 4.78 is 41.7. The smallest absolute Gasteiger partial charge is 0.387 e. The van der Waals surface area contributed by atoms with Crippen LogP contribution in [0.15, 0.2) is 48.5 Å². The maximum Gasteiger partial charge on any atom is 0.387 e. The molecule has 0 atom stereocenters. The SMILES string of the molecule is O=C(NCCc1ccc(OC(F)F)cc1)c1ccccc1F. The van der Waals surface area contributed by atoms with Crippen molar-refractivity contribution in [1.82, 2.24) is 5.32 Å². The highest BCUT2D eigenvalue weighted by molar-refractivity contribution is 5.94. The van der Waals surface area contributed by atoms with Crippen molar-refractivity contribution in [1.29, 1.82) is 0 Å². The van der Waals surface area contributed by atoms with Gasteiger partial charge in [0, 0.05) is 6.54 Å². The van der Waals surface area contributed by atoms with Gasteiger partial charge in [0.05, 0.1) is 5.56 Å². The van der Waals surface area contributed by atoms with Crippen molar-refractivity contribution in [2.75, 3.05) is 6.54 Å². The van der Waals surface area contributed by atoms with Crippen LogP contribution in [0.3, 0.4) is 0 Å². The first-order valence-corrected chi connectivity index (χ1v) is 6.63. The molecule has 0 spiro atoms. The molecule has 2 rings (SSSR count). The van der Waals surface area contributed by atoms with Crippen LogP contribution in [-0.2, 0) is 6.42 Å². The molecule has 0 bridgehead atoms. The molecule has 0 aliphatic heterocycles. The second kappa shape index (κ2) is 7.49. The Labute approximate surface area is 125 Å². The van der Waals surface area contributed by atoms with E-state index in [1.807, 2.05) is 0 Å². The second-order valence-corrected chi connectivity index (χ2v) is 4.51. The third-order valence-electron chi connectivity index (χ3n) is 2.97. The number of hydrogen-bond acceptors (Lipinski definition) is 2. The topological polar surface area (TPSA) is 38.3 Å². The maximum atomic E-state index is 13.4. The van der Waals surface area contributed by atoms with E-state index in [-0.39, 0.29) is 11.3 Å². The second-order valence-electron chi connectivity index (χ2n) is 4.51. The fourth-order valence-corrected chi connectivity index (χ4v) is 1.90. The molecule has 2 aromatic rings. The van der Waals surface area contributed by atoms with Gasteiger partial charge in [0.2, 0.25) is 0 Å². The van der Waals surface area contributed by atoms with Gasteiger partial charge in [-0.3, -0.25) is 4.79 Å². The van der Waals surface area contributed by atoms with Crippen molar-refractivity contribution in [3.05, 3.63) is 65.5 Å². The molecule has 3 nitrogen and oxygen atoms in total. The Morgan fingerprint density at radius 2 is 1.77 bits per heavy atom. The van der Waals surface area contributed by atoms with Gasteiger partial charge in [-0.1, -0.05) is 24.3 Å². The summed E-state index contributed by atoms with van der Waals surface area (Å²) in [6.45, 7) is -2.55. The van der Waals surface area contributed by atoms with Crippen LogP contribution in [0.2, 0.25) is 0 Å². The molecular weight excluding hydrogens is 295 g/mol. The number of ether oxygens (including phenoxy) is 1. The normalized spacial score (nSPS) is 10.5. The first-order valence-electron chi connectivity index (χ1n) is 6.63. The third-order valence-corrected chi connectivity index (χ3v) is 2.97. The highest BCUT2D eigenvalue weighted by atomic mass is 19.3. The van der Waals surface area contributed by atoms with Crippen molar-refractivity contribution < 1.29 is 22.7 Å². The number of halogens is 3. The van der Waals surface area contributed by atoms with E-state index in [1.165, 1.54) is 30.3 Å². The minimum absolute atomic E-state index is 0.0109. The van der Waals surface area contributed by atoms with Crippen LogP contribution >= 0.6 is 0 Å². The molecule has 0 fully saturated rings. The quantitative estimate of drug-likeness (QED) is 0.888. The number of rotatable bonds is 6. The van der Waals surface area contributed by atoms with E-state index in [1.54, 1.807) is 18.2 Å². The molecule has 0 aliphatic carbocycles. The van der Waals surface area contributed by atoms with E-state index >= 15 is 0 Å². The van der Waals surface area contributed by atoms with Gasteiger partial charge >= 0.3 is 6.61 Å². The average molecular weight is 309 g/mol. The number of carbonyl (C=O) groups excluding carboxylic acids is 1. The average Bonchev–Trinajstić information content (AvgIpc) is 2.49. The third kappa shape index (κ3) is 4.51. The Balaban J connectivity index is 1.83. The van der Waals surface area contributed by atoms with Gasteiger partial charge in [0.25, 0.3) is 5.91 Å². The predicted octanol–water partition coefficient (Wildman–Crippen LogP) is 3.40. The van der Waals surface area contributed by atoms with Gasteiger partial charge in [-0.05, 0) is 36.2 Å². The number of alkyl halides is 2. The zero-order valence-corrected chi connectivity index (χ0v) is 11.6. The predicted molar refractivity (Wildman–Crippen MR) is 75.5 cm³/mol. The molecule has 1 amide bonds. The lowest BCUT2D eigenvalue weighted by Gasteiger charge is -2.07. The van der Waals surface area contributed by atoms with Crippen LogP contribution in [0.1, 0.15) is 15.9 Å². The Hall–Kier alpha value is -2.50. The van der Waals surface area contributed by atoms with E-state index in [9.17, 15) is 18.0 Å². The van der Waals surface area contributed by atoms with Crippen molar-refractivity contribution in [2.45, 2.75) is 13.0 Å². The highest BCUT2D eigenvalue weighted by Gasteiger charge is 2.09. The fraction of sp³-hybridized carbons (Fsp3) is 0.188. The monoisotopic (exact) mass is 309 g/mol. The summed E-state index contributed by atoms with van der Waals surface area (Å²) in [6.07, 6.45) is 0.495. The van der Waals surface area contributed by atoms with Gasteiger partial charge in [0.15, 0.2) is 0 Å². The Morgan fingerprint density at radius 3 is 2.41 bits per heavy atom. The minimum Gasteiger partial charge on any atom is -0.435 e. The molecule has 22 heavy (non-hydrogen) atoms. The highest BCUT2D eigenvalue weighted by Crippen LogP contribution is 2.15. The summed E-state index contributed by atoms with van der Waals surface area (Å²) in [6, 6.07) is 11.8. The molecule has 0 saturated heterocycles. The number of nitrogens with one attached hydrogen (secondary N) is 1. The van der Waals surface area contributed by atoms with E-state index in [0.717, 1.165) is 5.56 Å². The molecule has 0 radical (unpaired) electrons. The molecule has 1 N–H and O–H groups in total. The zero-order chi connectivity index (χ0) is 15.9. The van der Waals surface area contributed by atoms with E-state index in [4.69, 9.17) is 0 Å². The Kier molecular flexibility index (Phi) is 5.41. The largest absolute Gasteiger partial charge is 0.435 e. The first kappa shape index (κ1) is 15.9. The van der Waals surface area contributed by atoms with Gasteiger partial charge in [-0.25, -0.2) is 4.39 Å². The standard InChI is InChI=1S/C16H14F3NO2/c17-14-4-2-1-3-13(14)15(21)20-10-9-11-5-7-12(8-6-11)22-16(18)19/h1-8,16H,9-10H2,(H,20,21). The van der Waals surface area contributed by atoms with E-state index in [2.05, 4.69) is 10.1 Å². The number of hydrogen-bond donors (Lipinski definition) is 1. The van der Waals surface area contributed by atoms with Crippen LogP contribution in [0.5, 0.6) is 5.75 Å². The summed E-state index contributed by atoms with van der Waals surface area (Å²) in [5.41, 5.74) is 0.832. The number of amides is 1. The van der Waals surface area contributed by atoms with Crippen molar-refractivity contribution in [3.8, 4) is 5.75 Å². The lowest BCUT2D eigenvalue weighted by atomic mass is 10.1. The maximum absolute atomic E-state index is 13.4. The molecule has 116 valence electrons. The van der Waals surface area contributed by atoms with Crippen LogP contribution in [0.4, 0.5) is 13.2 Å². The summed E-state index contributed by atoms with van der Waals surface area (Å²) in [5.74, 6) is -0.988. The van der Waals surface area contributed by atoms with Crippen LogP contribution in [-0.4, -0.2) is 19.1 Å². The van der Waals surface area contributed by atoms with Gasteiger partial charge in [0.1, 0.15) is 11.6 Å². The molecule has 0 heterocycles. The van der Waals surface area contributed by atoms with Crippen LogP contribution in [0.25, 0.3) is 0 Å². The van der Waals surface area contributed by atoms with Gasteiger partial charge in [-0.2, -0.15) is 8.78 Å². The summed E-state index contributed by atoms with van der Waals surface area (Å²) >= 11 is 0. The summed E-state index contributed by atoms with van der Waals surface area (Å²) in [4.78, 5) is 11.8. The number of benzene rings is 2. The molecule has 0 aromatic heterocycles. The molecule has 2 aromatic carbocycles. The Bertz CT molecular complexity index is 630. The molecule has 0 unspecified atom stereocenters. The zero-order valence-electron chi connectivity index (χ0n) is 11.6. The van der Waals surface area contributed by atoms with Gasteiger partial charge < -0.3 is 10.1 Å². The fourth-order valence-electron chi connectivity index (χ4n) is 1.90. The van der Waals surface area contributed by atoms with Crippen molar-refractivity contribution >= 4 is 5.91 Å². The molecule has 0 aliphatic rings. The summed E-state index contributed by atoms with van der Waals surface area (Å²) in [7, 11) is 0. The van der Waals surface area contributed by atoms with Gasteiger partial charge in [-0.15, -0.1) is 0 Å². The molecule has 0 saturated carbocycles. The number of carbonyl (C=O) groups is 1. The first-order chi connectivity index (χ1) is 10.6. The lowest BCUT2D eigenvalue weighted by Crippen LogP contribution is -2.26. The van der Waals surface area contributed by atoms with Crippen molar-refractivity contribution in [3.63, 3.8) is 0 Å². The lowest BCUT2D eigenvalue weighted by molar-refractivity contribution is -0.0498. The van der Waals surface area contributed by atoms with Crippen LogP contribution < -0.4 is 10.1 Å². The van der Waals surface area contributed by atoms with E-state index in [0.29, 0.717) is 13.0 Å². The van der Waals surface area contributed by atoms with E-state index < -0.39 is 18.3 Å². The summed E-state index contributed by atoms with van der Waals surface area (Å²) in [5, 5.41) is 2.60. The Morgan fingerprint density at radius 1 is 1.09 bits per heavy atom. The van der Waals surface area contributed by atoms with Crippen LogP contribution in [0, 0.1) is 5.82 Å². The van der Waals surface area contributed by atoms with Crippen molar-refractivity contribution in [2.24, 2.45) is 0 Å². The molecular formula is C16H14F3NO2. The molecule has 6 heteroatoms. The minimum atomic E-state index is -2.86.